The summed E-state index contributed by atoms with van der Waals surface area (Å²) in [6.07, 6.45) is 20.9. The second-order valence-electron chi connectivity index (χ2n) is 9.06. The molecule has 25 heavy (non-hydrogen) atoms. The van der Waals surface area contributed by atoms with Gasteiger partial charge in [-0.1, -0.05) is 38.5 Å². The summed E-state index contributed by atoms with van der Waals surface area (Å²) < 4.78 is 20.0. The smallest absolute Gasteiger partial charge is 0.0951 e. The molecule has 4 fully saturated rings. The summed E-state index contributed by atoms with van der Waals surface area (Å²) in [6, 6.07) is 0. The minimum Gasteiger partial charge on any atom is -0.375 e. The van der Waals surface area contributed by atoms with Crippen molar-refractivity contribution in [1.82, 2.24) is 0 Å². The molecule has 2 atom stereocenters. The van der Waals surface area contributed by atoms with Gasteiger partial charge in [0, 0.05) is 13.2 Å². The van der Waals surface area contributed by atoms with E-state index in [-0.39, 0.29) is 11.2 Å². The fourth-order valence-electron chi connectivity index (χ4n) is 6.00. The lowest BCUT2D eigenvalue weighted by molar-refractivity contribution is -0.274. The standard InChI is InChI=1S/C22H38O3/c1-5-13-21(14-6-1,19-11-3-9-17-23-19)25-22(15-7-2-8-16-22)20-12-4-10-18-24-20/h19-20H,1-18H2. The van der Waals surface area contributed by atoms with Crippen molar-refractivity contribution < 1.29 is 14.2 Å². The van der Waals surface area contributed by atoms with Crippen LogP contribution in [0.1, 0.15) is 103 Å². The molecule has 0 amide bonds. The SMILES string of the molecule is C1CCC(OC2(C3CCCCO3)CCCCC2)(C2CCCCO2)CC1. The molecule has 144 valence electrons. The van der Waals surface area contributed by atoms with Gasteiger partial charge in [0.05, 0.1) is 23.4 Å². The molecule has 3 nitrogen and oxygen atoms in total. The van der Waals surface area contributed by atoms with Crippen molar-refractivity contribution in [3.63, 3.8) is 0 Å². The highest BCUT2D eigenvalue weighted by Crippen LogP contribution is 2.48. The maximum Gasteiger partial charge on any atom is 0.0951 e. The first kappa shape index (κ1) is 18.3. The molecule has 2 saturated carbocycles. The van der Waals surface area contributed by atoms with Crippen LogP contribution in [0.25, 0.3) is 0 Å². The van der Waals surface area contributed by atoms with Gasteiger partial charge in [-0.05, 0) is 64.2 Å². The van der Waals surface area contributed by atoms with Crippen molar-refractivity contribution in [2.24, 2.45) is 0 Å². The van der Waals surface area contributed by atoms with Crippen LogP contribution in [0.3, 0.4) is 0 Å². The highest BCUT2D eigenvalue weighted by molar-refractivity contribution is 5.01. The largest absolute Gasteiger partial charge is 0.375 e. The van der Waals surface area contributed by atoms with Gasteiger partial charge in [0.1, 0.15) is 0 Å². The van der Waals surface area contributed by atoms with Crippen LogP contribution in [0.15, 0.2) is 0 Å². The molecular weight excluding hydrogens is 312 g/mol. The van der Waals surface area contributed by atoms with Crippen LogP contribution in [0.2, 0.25) is 0 Å². The van der Waals surface area contributed by atoms with Gasteiger partial charge < -0.3 is 14.2 Å². The highest BCUT2D eigenvalue weighted by atomic mass is 16.6. The maximum absolute atomic E-state index is 7.34. The lowest BCUT2D eigenvalue weighted by atomic mass is 9.74. The van der Waals surface area contributed by atoms with Crippen molar-refractivity contribution in [3.05, 3.63) is 0 Å². The van der Waals surface area contributed by atoms with E-state index in [9.17, 15) is 0 Å². The minimum atomic E-state index is -0.0309. The second-order valence-corrected chi connectivity index (χ2v) is 9.06. The Morgan fingerprint density at radius 1 is 0.520 bits per heavy atom. The van der Waals surface area contributed by atoms with Gasteiger partial charge in [-0.3, -0.25) is 0 Å². The maximum atomic E-state index is 7.34. The van der Waals surface area contributed by atoms with Crippen LogP contribution in [-0.4, -0.2) is 36.6 Å². The average molecular weight is 351 g/mol. The van der Waals surface area contributed by atoms with Crippen LogP contribution in [0.5, 0.6) is 0 Å². The summed E-state index contributed by atoms with van der Waals surface area (Å²) in [4.78, 5) is 0. The Hall–Kier alpha value is -0.120. The predicted octanol–water partition coefficient (Wildman–Crippen LogP) is 5.55. The Kier molecular flexibility index (Phi) is 6.04. The molecule has 0 aromatic rings. The summed E-state index contributed by atoms with van der Waals surface area (Å²) in [5.41, 5.74) is -0.0619. The van der Waals surface area contributed by atoms with E-state index < -0.39 is 0 Å². The molecule has 2 unspecified atom stereocenters. The predicted molar refractivity (Wildman–Crippen MR) is 99.9 cm³/mol. The summed E-state index contributed by atoms with van der Waals surface area (Å²) in [5, 5.41) is 0. The van der Waals surface area contributed by atoms with E-state index in [2.05, 4.69) is 0 Å². The van der Waals surface area contributed by atoms with Crippen molar-refractivity contribution in [1.29, 1.82) is 0 Å². The van der Waals surface area contributed by atoms with E-state index in [0.29, 0.717) is 12.2 Å². The molecule has 0 spiro atoms. The van der Waals surface area contributed by atoms with Gasteiger partial charge in [-0.25, -0.2) is 0 Å². The third-order valence-corrected chi connectivity index (χ3v) is 7.34. The first-order chi connectivity index (χ1) is 12.3. The van der Waals surface area contributed by atoms with Gasteiger partial charge in [0.25, 0.3) is 0 Å². The fraction of sp³-hybridized carbons (Fsp3) is 1.00. The zero-order chi connectivity index (χ0) is 17.0. The molecule has 0 aromatic heterocycles. The third kappa shape index (κ3) is 3.94. The van der Waals surface area contributed by atoms with E-state index in [0.717, 1.165) is 13.2 Å². The van der Waals surface area contributed by atoms with Crippen molar-refractivity contribution in [2.75, 3.05) is 13.2 Å². The molecule has 0 aromatic carbocycles. The molecule has 2 aliphatic heterocycles. The van der Waals surface area contributed by atoms with Gasteiger partial charge >= 0.3 is 0 Å². The Bertz CT molecular complexity index is 359. The highest BCUT2D eigenvalue weighted by Gasteiger charge is 2.52. The van der Waals surface area contributed by atoms with Crippen LogP contribution in [-0.2, 0) is 14.2 Å². The Balaban J connectivity index is 1.58. The quantitative estimate of drug-likeness (QED) is 0.665. The Labute approximate surface area is 154 Å². The third-order valence-electron chi connectivity index (χ3n) is 7.34. The number of hydrogen-bond acceptors (Lipinski definition) is 3. The summed E-state index contributed by atoms with van der Waals surface area (Å²) in [7, 11) is 0. The lowest BCUT2D eigenvalue weighted by Gasteiger charge is -2.54. The molecule has 2 saturated heterocycles. The molecule has 2 aliphatic carbocycles. The van der Waals surface area contributed by atoms with E-state index in [1.54, 1.807) is 0 Å². The molecule has 0 N–H and O–H groups in total. The van der Waals surface area contributed by atoms with Crippen LogP contribution >= 0.6 is 0 Å². The minimum absolute atomic E-state index is 0.0309. The molecule has 3 heteroatoms. The zero-order valence-corrected chi connectivity index (χ0v) is 16.1. The molecule has 0 bridgehead atoms. The van der Waals surface area contributed by atoms with Crippen molar-refractivity contribution in [3.8, 4) is 0 Å². The number of hydrogen-bond donors (Lipinski definition) is 0. The van der Waals surface area contributed by atoms with Crippen LogP contribution in [0.4, 0.5) is 0 Å². The summed E-state index contributed by atoms with van der Waals surface area (Å²) in [6.45, 7) is 1.87. The topological polar surface area (TPSA) is 27.7 Å². The van der Waals surface area contributed by atoms with Gasteiger partial charge in [0.15, 0.2) is 0 Å². The lowest BCUT2D eigenvalue weighted by Crippen LogP contribution is -2.59. The fourth-order valence-corrected chi connectivity index (χ4v) is 6.00. The van der Waals surface area contributed by atoms with E-state index in [1.165, 1.54) is 103 Å². The second kappa shape index (κ2) is 8.27. The van der Waals surface area contributed by atoms with Crippen LogP contribution in [0, 0.1) is 0 Å². The molecule has 0 radical (unpaired) electrons. The van der Waals surface area contributed by atoms with Gasteiger partial charge in [-0.15, -0.1) is 0 Å². The van der Waals surface area contributed by atoms with Gasteiger partial charge in [-0.2, -0.15) is 0 Å². The number of ether oxygens (including phenoxy) is 3. The normalized spacial score (nSPS) is 36.0. The van der Waals surface area contributed by atoms with Crippen LogP contribution < -0.4 is 0 Å². The summed E-state index contributed by atoms with van der Waals surface area (Å²) >= 11 is 0. The first-order valence-electron chi connectivity index (χ1n) is 11.3. The van der Waals surface area contributed by atoms with E-state index in [1.807, 2.05) is 0 Å². The molecule has 4 rings (SSSR count). The van der Waals surface area contributed by atoms with Crippen molar-refractivity contribution >= 4 is 0 Å². The summed E-state index contributed by atoms with van der Waals surface area (Å²) in [5.74, 6) is 0. The monoisotopic (exact) mass is 350 g/mol. The first-order valence-corrected chi connectivity index (χ1v) is 11.3. The Morgan fingerprint density at radius 3 is 1.32 bits per heavy atom. The van der Waals surface area contributed by atoms with E-state index >= 15 is 0 Å². The van der Waals surface area contributed by atoms with E-state index in [4.69, 9.17) is 14.2 Å². The van der Waals surface area contributed by atoms with Gasteiger partial charge in [0.2, 0.25) is 0 Å². The number of rotatable bonds is 4. The molecule has 2 heterocycles. The molecular formula is C22H38O3. The zero-order valence-electron chi connectivity index (χ0n) is 16.1. The van der Waals surface area contributed by atoms with Crippen molar-refractivity contribution in [2.45, 2.75) is 126 Å². The average Bonchev–Trinajstić information content (AvgIpc) is 2.71. The molecule has 4 aliphatic rings. The Morgan fingerprint density at radius 2 is 0.960 bits per heavy atom.